The van der Waals surface area contributed by atoms with Crippen LogP contribution >= 0.6 is 69.6 Å². The summed E-state index contributed by atoms with van der Waals surface area (Å²) in [5, 5.41) is 14.3. The third-order valence-electron chi connectivity index (χ3n) is 4.93. The Morgan fingerprint density at radius 1 is 0.931 bits per heavy atom. The first-order chi connectivity index (χ1) is 13.3. The van der Waals surface area contributed by atoms with Crippen molar-refractivity contribution in [2.45, 2.75) is 21.0 Å². The van der Waals surface area contributed by atoms with E-state index in [9.17, 15) is 19.5 Å². The second-order valence-electron chi connectivity index (χ2n) is 6.67. The Labute approximate surface area is 195 Å². The van der Waals surface area contributed by atoms with Crippen LogP contribution in [0.2, 0.25) is 0 Å². The number of halogens is 6. The van der Waals surface area contributed by atoms with Crippen LogP contribution in [-0.2, 0) is 14.4 Å². The van der Waals surface area contributed by atoms with Crippen molar-refractivity contribution >= 4 is 98.8 Å². The molecular formula is C17H12Cl6N2O4. The number of alkyl halides is 4. The molecule has 4 atom stereocenters. The van der Waals surface area contributed by atoms with Gasteiger partial charge >= 0.3 is 5.97 Å². The van der Waals surface area contributed by atoms with Crippen LogP contribution in [0.3, 0.4) is 0 Å². The smallest absolute Gasteiger partial charge is 0.309 e. The summed E-state index contributed by atoms with van der Waals surface area (Å²) in [5.41, 5.74) is 0.676. The second-order valence-corrected chi connectivity index (χ2v) is 9.95. The molecule has 0 aromatic heterocycles. The van der Waals surface area contributed by atoms with E-state index in [1.807, 2.05) is 0 Å². The van der Waals surface area contributed by atoms with Crippen molar-refractivity contribution in [2.24, 2.45) is 11.8 Å². The molecule has 29 heavy (non-hydrogen) atoms. The summed E-state index contributed by atoms with van der Waals surface area (Å²) in [7, 11) is 0. The number of carbonyl (C=O) groups excluding carboxylic acids is 2. The van der Waals surface area contributed by atoms with Crippen molar-refractivity contribution in [1.82, 2.24) is 0 Å². The molecule has 1 saturated carbocycles. The van der Waals surface area contributed by atoms with Crippen molar-refractivity contribution in [3.63, 3.8) is 0 Å². The highest BCUT2D eigenvalue weighted by Gasteiger charge is 2.85. The van der Waals surface area contributed by atoms with Gasteiger partial charge in [0.25, 0.3) is 0 Å². The number of anilines is 2. The van der Waals surface area contributed by atoms with Crippen LogP contribution in [0.5, 0.6) is 0 Å². The summed E-state index contributed by atoms with van der Waals surface area (Å²) in [6, 6.07) is 6.18. The average molecular weight is 521 g/mol. The molecule has 3 rings (SSSR count). The normalized spacial score (nSPS) is 32.2. The van der Waals surface area contributed by atoms with Crippen LogP contribution in [0.4, 0.5) is 11.4 Å². The molecular weight excluding hydrogens is 509 g/mol. The number of allylic oxidation sites excluding steroid dienone is 2. The summed E-state index contributed by atoms with van der Waals surface area (Å²) >= 11 is 38.1. The van der Waals surface area contributed by atoms with Gasteiger partial charge in [-0.05, 0) is 18.2 Å². The van der Waals surface area contributed by atoms with E-state index in [-0.39, 0.29) is 21.7 Å². The van der Waals surface area contributed by atoms with Crippen LogP contribution < -0.4 is 10.6 Å². The Morgan fingerprint density at radius 3 is 1.90 bits per heavy atom. The zero-order chi connectivity index (χ0) is 21.9. The summed E-state index contributed by atoms with van der Waals surface area (Å²) in [6.45, 7) is 1.33. The van der Waals surface area contributed by atoms with Gasteiger partial charge in [0, 0.05) is 18.3 Å². The molecule has 1 aromatic rings. The van der Waals surface area contributed by atoms with Gasteiger partial charge in [0.15, 0.2) is 4.33 Å². The summed E-state index contributed by atoms with van der Waals surface area (Å²) in [5.74, 6) is -5.82. The van der Waals surface area contributed by atoms with E-state index in [1.54, 1.807) is 12.1 Å². The number of fused-ring (bicyclic) bond motifs is 2. The quantitative estimate of drug-likeness (QED) is 0.499. The van der Waals surface area contributed by atoms with Gasteiger partial charge in [0.05, 0.1) is 21.9 Å². The number of carbonyl (C=O) groups is 3. The van der Waals surface area contributed by atoms with Gasteiger partial charge in [-0.25, -0.2) is 0 Å². The molecule has 1 aromatic carbocycles. The van der Waals surface area contributed by atoms with Gasteiger partial charge < -0.3 is 15.7 Å². The van der Waals surface area contributed by atoms with Gasteiger partial charge in [-0.1, -0.05) is 52.5 Å². The number of benzene rings is 1. The molecule has 2 aliphatic carbocycles. The van der Waals surface area contributed by atoms with Crippen molar-refractivity contribution in [2.75, 3.05) is 10.6 Å². The Balaban J connectivity index is 2.03. The predicted octanol–water partition coefficient (Wildman–Crippen LogP) is 4.75. The first kappa shape index (κ1) is 22.8. The number of nitrogens with one attached hydrogen (secondary N) is 2. The van der Waals surface area contributed by atoms with Crippen molar-refractivity contribution in [1.29, 1.82) is 0 Å². The third kappa shape index (κ3) is 3.03. The van der Waals surface area contributed by atoms with Crippen LogP contribution in [0.1, 0.15) is 6.92 Å². The highest BCUT2D eigenvalue weighted by atomic mass is 35.5. The van der Waals surface area contributed by atoms with E-state index >= 15 is 0 Å². The summed E-state index contributed by atoms with van der Waals surface area (Å²) in [4.78, 5) is 32.1. The second kappa shape index (κ2) is 7.36. The van der Waals surface area contributed by atoms with Crippen LogP contribution in [0.15, 0.2) is 34.3 Å². The average Bonchev–Trinajstić information content (AvgIpc) is 2.81. The van der Waals surface area contributed by atoms with Gasteiger partial charge in [0.2, 0.25) is 11.8 Å². The molecule has 156 valence electrons. The number of rotatable bonds is 4. The lowest BCUT2D eigenvalue weighted by molar-refractivity contribution is -0.146. The zero-order valence-corrected chi connectivity index (χ0v) is 18.9. The first-order valence-electron chi connectivity index (χ1n) is 8.03. The van der Waals surface area contributed by atoms with Gasteiger partial charge in [-0.2, -0.15) is 0 Å². The Hall–Kier alpha value is -0.890. The number of carboxylic acids is 1. The minimum atomic E-state index is -2.18. The highest BCUT2D eigenvalue weighted by Crippen LogP contribution is 2.76. The van der Waals surface area contributed by atoms with Gasteiger partial charge in [0.1, 0.15) is 9.75 Å². The van der Waals surface area contributed by atoms with Crippen LogP contribution in [0, 0.1) is 11.8 Å². The minimum absolute atomic E-state index is 0.262. The molecule has 1 fully saturated rings. The molecule has 2 amide bonds. The Bertz CT molecular complexity index is 967. The molecule has 0 unspecified atom stereocenters. The number of hydrogen-bond acceptors (Lipinski definition) is 3. The molecule has 2 aliphatic rings. The fourth-order valence-corrected chi connectivity index (χ4v) is 6.66. The van der Waals surface area contributed by atoms with Crippen molar-refractivity contribution in [3.8, 4) is 0 Å². The van der Waals surface area contributed by atoms with E-state index < -0.39 is 37.8 Å². The van der Waals surface area contributed by atoms with E-state index in [0.29, 0.717) is 5.69 Å². The molecule has 0 radical (unpaired) electrons. The van der Waals surface area contributed by atoms with Gasteiger partial charge in [-0.3, -0.25) is 14.4 Å². The molecule has 12 heteroatoms. The maximum Gasteiger partial charge on any atom is 0.309 e. The van der Waals surface area contributed by atoms with Crippen LogP contribution in [-0.4, -0.2) is 37.0 Å². The van der Waals surface area contributed by atoms with Crippen molar-refractivity contribution < 1.29 is 19.5 Å². The van der Waals surface area contributed by atoms with Crippen molar-refractivity contribution in [3.05, 3.63) is 34.3 Å². The minimum Gasteiger partial charge on any atom is -0.481 e. The lowest BCUT2D eigenvalue weighted by Crippen LogP contribution is -2.47. The SMILES string of the molecule is CC(=O)Nc1cccc(NC(=O)[C@H]2[C@@H](C(=O)O)[C@@]3(Cl)C(Cl)=C(Cl)[C@@]2(Cl)C3(Cl)Cl)c1. The third-order valence-corrected chi connectivity index (χ3v) is 9.19. The number of hydrogen-bond donors (Lipinski definition) is 3. The van der Waals surface area contributed by atoms with E-state index in [0.717, 1.165) is 0 Å². The highest BCUT2D eigenvalue weighted by molar-refractivity contribution is 6.66. The van der Waals surface area contributed by atoms with E-state index in [2.05, 4.69) is 10.6 Å². The maximum absolute atomic E-state index is 13.1. The predicted molar refractivity (Wildman–Crippen MR) is 114 cm³/mol. The van der Waals surface area contributed by atoms with E-state index in [1.165, 1.54) is 19.1 Å². The molecule has 6 nitrogen and oxygen atoms in total. The monoisotopic (exact) mass is 518 g/mol. The summed E-state index contributed by atoms with van der Waals surface area (Å²) < 4.78 is -2.18. The largest absolute Gasteiger partial charge is 0.481 e. The first-order valence-corrected chi connectivity index (χ1v) is 10.3. The maximum atomic E-state index is 13.1. The molecule has 0 saturated heterocycles. The molecule has 0 aliphatic heterocycles. The number of amides is 2. The lowest BCUT2D eigenvalue weighted by atomic mass is 9.81. The Morgan fingerprint density at radius 2 is 1.41 bits per heavy atom. The molecule has 3 N–H and O–H groups in total. The van der Waals surface area contributed by atoms with Crippen LogP contribution in [0.25, 0.3) is 0 Å². The topological polar surface area (TPSA) is 95.5 Å². The molecule has 0 heterocycles. The summed E-state index contributed by atoms with van der Waals surface area (Å²) in [6.07, 6.45) is 0. The molecule has 2 bridgehead atoms. The Kier molecular flexibility index (Phi) is 5.78. The fourth-order valence-electron chi connectivity index (χ4n) is 3.73. The molecule has 0 spiro atoms. The van der Waals surface area contributed by atoms with E-state index in [4.69, 9.17) is 69.6 Å². The number of carboxylic acid groups (broad SMARTS) is 1. The fraction of sp³-hybridized carbons (Fsp3) is 0.353. The number of aliphatic carboxylic acids is 1. The standard InChI is InChI=1S/C17H12Cl6N2O4/c1-6(26)24-7-3-2-4-8(5-7)25-13(27)9-10(14(28)29)16(21)12(19)11(18)15(9,20)17(16,22)23/h2-5,9-10H,1H3,(H,24,26)(H,25,27)(H,28,29)/t9-,10+,15-,16-/m1/s1. The lowest BCUT2D eigenvalue weighted by Gasteiger charge is -2.33. The zero-order valence-electron chi connectivity index (χ0n) is 14.4. The van der Waals surface area contributed by atoms with Gasteiger partial charge in [-0.15, -0.1) is 23.2 Å².